The van der Waals surface area contributed by atoms with Gasteiger partial charge >= 0.3 is 0 Å². The minimum absolute atomic E-state index is 0.152. The maximum atomic E-state index is 12.3. The SMILES string of the molecule is CCN(C(=O)CCc1csc(C)n1)c1ccccc1. The number of para-hydroxylation sites is 1. The molecule has 1 aromatic carbocycles. The van der Waals surface area contributed by atoms with Crippen LogP contribution in [0.5, 0.6) is 0 Å². The molecule has 1 amide bonds. The van der Waals surface area contributed by atoms with Crippen LogP contribution < -0.4 is 4.90 Å². The van der Waals surface area contributed by atoms with Gasteiger partial charge in [-0.25, -0.2) is 4.98 Å². The van der Waals surface area contributed by atoms with E-state index in [9.17, 15) is 4.79 Å². The molecule has 4 heteroatoms. The molecule has 0 saturated carbocycles. The standard InChI is InChI=1S/C15H18N2OS/c1-3-17(14-7-5-4-6-8-14)15(18)10-9-13-11-19-12(2)16-13/h4-8,11H,3,9-10H2,1-2H3. The summed E-state index contributed by atoms with van der Waals surface area (Å²) in [5, 5.41) is 3.08. The highest BCUT2D eigenvalue weighted by molar-refractivity contribution is 7.09. The first kappa shape index (κ1) is 13.7. The second kappa shape index (κ2) is 6.48. The fourth-order valence-corrected chi connectivity index (χ4v) is 2.65. The van der Waals surface area contributed by atoms with E-state index in [1.807, 2.05) is 54.5 Å². The van der Waals surface area contributed by atoms with Gasteiger partial charge in [-0.2, -0.15) is 0 Å². The number of hydrogen-bond donors (Lipinski definition) is 0. The third kappa shape index (κ3) is 3.64. The van der Waals surface area contributed by atoms with E-state index in [0.717, 1.165) is 16.4 Å². The molecule has 3 nitrogen and oxygen atoms in total. The minimum Gasteiger partial charge on any atom is -0.313 e. The van der Waals surface area contributed by atoms with Crippen LogP contribution in [-0.2, 0) is 11.2 Å². The molecule has 0 aliphatic carbocycles. The summed E-state index contributed by atoms with van der Waals surface area (Å²) < 4.78 is 0. The number of carbonyl (C=O) groups excluding carboxylic acids is 1. The molecular formula is C15H18N2OS. The maximum Gasteiger partial charge on any atom is 0.227 e. The highest BCUT2D eigenvalue weighted by atomic mass is 32.1. The van der Waals surface area contributed by atoms with Crippen molar-refractivity contribution >= 4 is 22.9 Å². The first-order chi connectivity index (χ1) is 9.20. The number of amides is 1. The molecule has 19 heavy (non-hydrogen) atoms. The Labute approximate surface area is 117 Å². The topological polar surface area (TPSA) is 33.2 Å². The molecular weight excluding hydrogens is 256 g/mol. The molecule has 0 fully saturated rings. The number of carbonyl (C=O) groups is 1. The van der Waals surface area contributed by atoms with Gasteiger partial charge < -0.3 is 4.90 Å². The molecule has 0 spiro atoms. The Morgan fingerprint density at radius 2 is 2.05 bits per heavy atom. The average Bonchev–Trinajstić information content (AvgIpc) is 2.84. The fraction of sp³-hybridized carbons (Fsp3) is 0.333. The number of aromatic nitrogens is 1. The van der Waals surface area contributed by atoms with Crippen LogP contribution in [0.1, 0.15) is 24.0 Å². The summed E-state index contributed by atoms with van der Waals surface area (Å²) in [6.45, 7) is 4.68. The Kier molecular flexibility index (Phi) is 4.68. The summed E-state index contributed by atoms with van der Waals surface area (Å²) in [5.74, 6) is 0.152. The number of nitrogens with zero attached hydrogens (tertiary/aromatic N) is 2. The second-order valence-electron chi connectivity index (χ2n) is 4.33. The van der Waals surface area contributed by atoms with Crippen LogP contribution in [0.2, 0.25) is 0 Å². The molecule has 2 rings (SSSR count). The van der Waals surface area contributed by atoms with Crippen LogP contribution in [0, 0.1) is 6.92 Å². The van der Waals surface area contributed by atoms with Crippen LogP contribution >= 0.6 is 11.3 Å². The van der Waals surface area contributed by atoms with Crippen molar-refractivity contribution in [3.8, 4) is 0 Å². The first-order valence-electron chi connectivity index (χ1n) is 6.47. The fourth-order valence-electron chi connectivity index (χ4n) is 2.00. The van der Waals surface area contributed by atoms with Crippen molar-refractivity contribution in [2.24, 2.45) is 0 Å². The summed E-state index contributed by atoms with van der Waals surface area (Å²) in [6, 6.07) is 9.80. The molecule has 0 aliphatic rings. The Morgan fingerprint density at radius 3 is 2.63 bits per heavy atom. The molecule has 2 aromatic rings. The van der Waals surface area contributed by atoms with E-state index >= 15 is 0 Å². The Balaban J connectivity index is 1.98. The molecule has 1 heterocycles. The van der Waals surface area contributed by atoms with E-state index in [0.29, 0.717) is 19.4 Å². The summed E-state index contributed by atoms with van der Waals surface area (Å²) >= 11 is 1.63. The largest absolute Gasteiger partial charge is 0.313 e. The lowest BCUT2D eigenvalue weighted by Gasteiger charge is -2.20. The molecule has 1 aromatic heterocycles. The van der Waals surface area contributed by atoms with Gasteiger partial charge in [0.15, 0.2) is 0 Å². The maximum absolute atomic E-state index is 12.3. The van der Waals surface area contributed by atoms with Crippen molar-refractivity contribution in [1.82, 2.24) is 4.98 Å². The summed E-state index contributed by atoms with van der Waals surface area (Å²) in [6.07, 6.45) is 1.22. The van der Waals surface area contributed by atoms with Gasteiger partial charge in [0, 0.05) is 24.0 Å². The number of rotatable bonds is 5. The van der Waals surface area contributed by atoms with E-state index in [1.54, 1.807) is 11.3 Å². The molecule has 0 atom stereocenters. The van der Waals surface area contributed by atoms with E-state index < -0.39 is 0 Å². The van der Waals surface area contributed by atoms with Gasteiger partial charge in [0.05, 0.1) is 10.7 Å². The van der Waals surface area contributed by atoms with Gasteiger partial charge in [0.2, 0.25) is 5.91 Å². The van der Waals surface area contributed by atoms with Gasteiger partial charge in [0.1, 0.15) is 0 Å². The zero-order chi connectivity index (χ0) is 13.7. The monoisotopic (exact) mass is 274 g/mol. The molecule has 0 unspecified atom stereocenters. The first-order valence-corrected chi connectivity index (χ1v) is 7.35. The molecule has 0 aliphatic heterocycles. The highest BCUT2D eigenvalue weighted by Gasteiger charge is 2.13. The van der Waals surface area contributed by atoms with Crippen molar-refractivity contribution in [2.75, 3.05) is 11.4 Å². The third-order valence-corrected chi connectivity index (χ3v) is 3.77. The summed E-state index contributed by atoms with van der Waals surface area (Å²) in [7, 11) is 0. The van der Waals surface area contributed by atoms with Gasteiger partial charge in [-0.1, -0.05) is 18.2 Å². The van der Waals surface area contributed by atoms with E-state index in [1.165, 1.54) is 0 Å². The Hall–Kier alpha value is -1.68. The molecule has 0 N–H and O–H groups in total. The number of aryl methyl sites for hydroxylation is 2. The Morgan fingerprint density at radius 1 is 1.32 bits per heavy atom. The van der Waals surface area contributed by atoms with E-state index in [-0.39, 0.29) is 5.91 Å². The van der Waals surface area contributed by atoms with Crippen molar-refractivity contribution in [1.29, 1.82) is 0 Å². The lowest BCUT2D eigenvalue weighted by Crippen LogP contribution is -2.30. The Bertz CT molecular complexity index is 536. The molecule has 0 radical (unpaired) electrons. The van der Waals surface area contributed by atoms with E-state index in [2.05, 4.69) is 4.98 Å². The summed E-state index contributed by atoms with van der Waals surface area (Å²) in [4.78, 5) is 18.5. The van der Waals surface area contributed by atoms with Crippen molar-refractivity contribution in [3.05, 3.63) is 46.4 Å². The number of anilines is 1. The lowest BCUT2D eigenvalue weighted by atomic mass is 10.2. The van der Waals surface area contributed by atoms with E-state index in [4.69, 9.17) is 0 Å². The normalized spacial score (nSPS) is 10.4. The number of hydrogen-bond acceptors (Lipinski definition) is 3. The second-order valence-corrected chi connectivity index (χ2v) is 5.39. The zero-order valence-electron chi connectivity index (χ0n) is 11.3. The predicted octanol–water partition coefficient (Wildman–Crippen LogP) is 3.44. The van der Waals surface area contributed by atoms with Crippen LogP contribution in [0.25, 0.3) is 0 Å². The van der Waals surface area contributed by atoms with Gasteiger partial charge in [-0.3, -0.25) is 4.79 Å². The lowest BCUT2D eigenvalue weighted by molar-refractivity contribution is -0.118. The number of benzene rings is 1. The van der Waals surface area contributed by atoms with Gasteiger partial charge in [-0.15, -0.1) is 11.3 Å². The van der Waals surface area contributed by atoms with Crippen LogP contribution in [0.15, 0.2) is 35.7 Å². The van der Waals surface area contributed by atoms with Crippen molar-refractivity contribution < 1.29 is 4.79 Å². The quantitative estimate of drug-likeness (QED) is 0.837. The van der Waals surface area contributed by atoms with Gasteiger partial charge in [0.25, 0.3) is 0 Å². The smallest absolute Gasteiger partial charge is 0.227 e. The van der Waals surface area contributed by atoms with Crippen molar-refractivity contribution in [3.63, 3.8) is 0 Å². The zero-order valence-corrected chi connectivity index (χ0v) is 12.1. The molecule has 100 valence electrons. The predicted molar refractivity (Wildman–Crippen MR) is 79.6 cm³/mol. The van der Waals surface area contributed by atoms with Crippen LogP contribution in [0.4, 0.5) is 5.69 Å². The van der Waals surface area contributed by atoms with Gasteiger partial charge in [-0.05, 0) is 32.4 Å². The molecule has 0 bridgehead atoms. The number of thiazole rings is 1. The minimum atomic E-state index is 0.152. The average molecular weight is 274 g/mol. The highest BCUT2D eigenvalue weighted by Crippen LogP contribution is 2.16. The van der Waals surface area contributed by atoms with Crippen LogP contribution in [-0.4, -0.2) is 17.4 Å². The van der Waals surface area contributed by atoms with Crippen LogP contribution in [0.3, 0.4) is 0 Å². The summed E-state index contributed by atoms with van der Waals surface area (Å²) in [5.41, 5.74) is 1.98. The molecule has 0 saturated heterocycles. The third-order valence-electron chi connectivity index (χ3n) is 2.95. The van der Waals surface area contributed by atoms with Crippen molar-refractivity contribution in [2.45, 2.75) is 26.7 Å².